The molecule has 0 fully saturated rings. The monoisotopic (exact) mass is 1340 g/mol. The van der Waals surface area contributed by atoms with Gasteiger partial charge in [-0.2, -0.15) is 57.9 Å². The average molecular weight is 1340 g/mol. The van der Waals surface area contributed by atoms with Gasteiger partial charge in [0.1, 0.15) is 70.8 Å². The van der Waals surface area contributed by atoms with E-state index in [9.17, 15) is 118 Å². The van der Waals surface area contributed by atoms with Gasteiger partial charge in [-0.25, -0.2) is 89.6 Å². The fourth-order valence-electron chi connectivity index (χ4n) is 11.3. The Balaban J connectivity index is 0.000000226. The lowest BCUT2D eigenvalue weighted by Gasteiger charge is -2.19. The number of rotatable bonds is 4. The fourth-order valence-corrected chi connectivity index (χ4v) is 11.3. The first-order valence-electron chi connectivity index (χ1n) is 25.4. The smallest absolute Gasteiger partial charge is 0.237 e. The predicted molar refractivity (Wildman–Crippen MR) is 283 cm³/mol. The van der Waals surface area contributed by atoms with Crippen LogP contribution in [0.25, 0.3) is 66.2 Å². The van der Waals surface area contributed by atoms with Crippen LogP contribution in [-0.4, -0.2) is 0 Å². The van der Waals surface area contributed by atoms with Crippen molar-refractivity contribution in [3.05, 3.63) is 260 Å². The maximum Gasteiger partial charge on any atom is 0.417 e. The molecule has 0 bridgehead atoms. The molecule has 32 heteroatoms. The van der Waals surface area contributed by atoms with Gasteiger partial charge in [0, 0.05) is 12.8 Å². The van der Waals surface area contributed by atoms with E-state index in [2.05, 4.69) is 19.4 Å². The van der Waals surface area contributed by atoms with E-state index in [0.717, 1.165) is 30.4 Å². The van der Waals surface area contributed by atoms with Crippen molar-refractivity contribution < 1.29 is 96.6 Å². The minimum Gasteiger partial charge on any atom is -0.237 e. The van der Waals surface area contributed by atoms with E-state index in [4.69, 9.17) is 36.8 Å². The molecule has 0 saturated carbocycles. The Labute approximate surface area is 519 Å². The Morgan fingerprint density at radius 2 is 0.573 bits per heavy atom. The molecule has 0 saturated heterocycles. The van der Waals surface area contributed by atoms with E-state index in [0.29, 0.717) is 0 Å². The van der Waals surface area contributed by atoms with Crippen LogP contribution in [0.2, 0.25) is 0 Å². The molecule has 472 valence electrons. The number of alkyl halides is 6. The molecular formula is C64H12F22N10. The summed E-state index contributed by atoms with van der Waals surface area (Å²) in [6, 6.07) is 8.09. The van der Waals surface area contributed by atoms with Gasteiger partial charge in [0.25, 0.3) is 11.4 Å². The van der Waals surface area contributed by atoms with E-state index in [-0.39, 0.29) is 56.0 Å². The molecule has 0 atom stereocenters. The molecule has 6 aromatic carbocycles. The Kier molecular flexibility index (Phi) is 17.1. The second-order valence-electron chi connectivity index (χ2n) is 20.0. The average Bonchev–Trinajstić information content (AvgIpc) is 1.55. The SMILES string of the molecule is [C-]#[N+]/C(=C1\C=c2c(C#N)c3c(c(C#N)c2C1)=C/C(=C(\C#N)c1c(F)c(F)c(C#N)c(F)c1F)C3)c1c(F)c(F)c([N+]#[C-])c(F)c1F.[C-]#[N+]/C(=C1\C=c2c(c(C(F)(F)F)c3c(c2C(F)(F)F)C/C(=C(/C#N)c2c(F)c(F)c(C#N)c(F)c2F)C=3)C1)c1c(F)c(F)c([N+]#[C-])c(F)c1F. The van der Waals surface area contributed by atoms with E-state index < -0.39 is 242 Å². The Hall–Kier alpha value is -12.9. The molecule has 0 N–H and O–H groups in total. The Morgan fingerprint density at radius 1 is 0.323 bits per heavy atom. The van der Waals surface area contributed by atoms with Crippen LogP contribution in [0.3, 0.4) is 0 Å². The Bertz CT molecular complexity index is 5180. The van der Waals surface area contributed by atoms with E-state index in [1.807, 2.05) is 12.1 Å². The van der Waals surface area contributed by atoms with Crippen LogP contribution in [0, 0.1) is 187 Å². The summed E-state index contributed by atoms with van der Waals surface area (Å²) in [6.45, 7) is 28.3. The first-order valence-corrected chi connectivity index (χ1v) is 25.4. The van der Waals surface area contributed by atoms with Crippen LogP contribution in [0.1, 0.15) is 77.9 Å². The van der Waals surface area contributed by atoms with Gasteiger partial charge >= 0.3 is 12.4 Å². The zero-order valence-corrected chi connectivity index (χ0v) is 45.9. The van der Waals surface area contributed by atoms with Gasteiger partial charge in [0.15, 0.2) is 69.8 Å². The van der Waals surface area contributed by atoms with Crippen molar-refractivity contribution in [1.29, 1.82) is 31.6 Å². The molecule has 10 nitrogen and oxygen atoms in total. The van der Waals surface area contributed by atoms with Crippen LogP contribution >= 0.6 is 0 Å². The lowest BCUT2D eigenvalue weighted by molar-refractivity contribution is -0.143. The fraction of sp³-hybridized carbons (Fsp3) is 0.0938. The van der Waals surface area contributed by atoms with Gasteiger partial charge in [-0.15, -0.1) is 0 Å². The first kappa shape index (κ1) is 67.5. The third-order valence-corrected chi connectivity index (χ3v) is 15.2. The van der Waals surface area contributed by atoms with Gasteiger partial charge in [0.05, 0.1) is 81.9 Å². The largest absolute Gasteiger partial charge is 0.417 e. The lowest BCUT2D eigenvalue weighted by Crippen LogP contribution is -2.34. The van der Waals surface area contributed by atoms with Crippen LogP contribution in [0.5, 0.6) is 0 Å². The maximum atomic E-state index is 14.9. The molecule has 0 unspecified atom stereocenters. The summed E-state index contributed by atoms with van der Waals surface area (Å²) >= 11 is 0. The zero-order chi connectivity index (χ0) is 71.1. The van der Waals surface area contributed by atoms with Crippen molar-refractivity contribution in [1.82, 2.24) is 0 Å². The van der Waals surface area contributed by atoms with Crippen molar-refractivity contribution in [3.63, 3.8) is 0 Å². The van der Waals surface area contributed by atoms with E-state index >= 15 is 0 Å². The molecule has 10 rings (SSSR count). The molecule has 6 aromatic rings. The van der Waals surface area contributed by atoms with Crippen molar-refractivity contribution >= 4 is 58.2 Å². The molecule has 96 heavy (non-hydrogen) atoms. The number of nitrogens with zero attached hydrogens (tertiary/aromatic N) is 10. The van der Waals surface area contributed by atoms with Crippen molar-refractivity contribution in [2.75, 3.05) is 0 Å². The quantitative estimate of drug-likeness (QED) is 0.0739. The highest BCUT2D eigenvalue weighted by atomic mass is 19.4. The summed E-state index contributed by atoms with van der Waals surface area (Å²) in [4.78, 5) is 10.4. The number of benzene rings is 6. The number of fused-ring (bicyclic) bond motifs is 4. The summed E-state index contributed by atoms with van der Waals surface area (Å²) < 4.78 is 322. The Morgan fingerprint density at radius 3 is 0.844 bits per heavy atom. The molecule has 0 spiro atoms. The molecular weight excluding hydrogens is 1330 g/mol. The first-order chi connectivity index (χ1) is 45.2. The van der Waals surface area contributed by atoms with Crippen molar-refractivity contribution in [3.8, 4) is 36.4 Å². The highest BCUT2D eigenvalue weighted by Gasteiger charge is 2.46. The van der Waals surface area contributed by atoms with E-state index in [1.165, 1.54) is 6.07 Å². The van der Waals surface area contributed by atoms with Crippen LogP contribution in [-0.2, 0) is 38.0 Å². The van der Waals surface area contributed by atoms with Gasteiger partial charge < -0.3 is 0 Å². The third-order valence-electron chi connectivity index (χ3n) is 15.2. The second-order valence-corrected chi connectivity index (χ2v) is 20.0. The number of hydrogen-bond donors (Lipinski definition) is 0. The lowest BCUT2D eigenvalue weighted by atomic mass is 9.92. The highest BCUT2D eigenvalue weighted by Crippen LogP contribution is 2.45. The minimum absolute atomic E-state index is 0.00803. The molecule has 4 aliphatic rings. The van der Waals surface area contributed by atoms with Gasteiger partial charge in [0.2, 0.25) is 11.4 Å². The highest BCUT2D eigenvalue weighted by molar-refractivity contribution is 5.92. The van der Waals surface area contributed by atoms with Gasteiger partial charge in [-0.1, -0.05) is 12.2 Å². The molecule has 0 amide bonds. The standard InChI is InChI=1S/C32H6F14N4.C32H6F8N6/c1-49-29(18-25(37)27(39)30(50-2)28(40)26(18)38)10-5-13-14(6-10)20(32(44,45)46)12-4-9(3-11(12)19(13)31(41,42)43)15(7-47)17-23(35)21(33)16(8-48)22(34)24(17)36;1-45-31(22-27(37)29(39)32(46-2)30(40)28(22)38)12-5-15-16(6-12)19(9-43)14-4-11(3-13(14)18(15)8-42)17(7-41)21-25(35)23(33)20(10-44)24(34)26(21)36/h3,6H,4-5H2;3,6H,4-5H2/b15-9-,29-10-;17-11-,31-12-. The number of allylic oxidation sites excluding steroid dienone is 6. The topological polar surface area (TPSA) is 160 Å². The number of hydrogen-bond acceptors (Lipinski definition) is 6. The van der Waals surface area contributed by atoms with Crippen molar-refractivity contribution in [2.24, 2.45) is 0 Å². The summed E-state index contributed by atoms with van der Waals surface area (Å²) in [5.41, 5.74) is -27.1. The van der Waals surface area contributed by atoms with Gasteiger partial charge in [-0.3, -0.25) is 0 Å². The number of halogens is 22. The molecule has 0 heterocycles. The third kappa shape index (κ3) is 10.1. The van der Waals surface area contributed by atoms with Crippen molar-refractivity contribution in [2.45, 2.75) is 38.0 Å². The van der Waals surface area contributed by atoms with Crippen LogP contribution in [0.4, 0.5) is 108 Å². The molecule has 0 aromatic heterocycles. The summed E-state index contributed by atoms with van der Waals surface area (Å²) in [6.07, 6.45) is -12.2. The molecule has 0 aliphatic heterocycles. The zero-order valence-electron chi connectivity index (χ0n) is 45.9. The van der Waals surface area contributed by atoms with E-state index in [1.54, 1.807) is 0 Å². The summed E-state index contributed by atoms with van der Waals surface area (Å²) in [5.74, 6) is -34.8. The van der Waals surface area contributed by atoms with Crippen LogP contribution in [0.15, 0.2) is 22.3 Å². The maximum absolute atomic E-state index is 14.9. The predicted octanol–water partition coefficient (Wildman–Crippen LogP) is 14.2. The minimum atomic E-state index is -5.60. The molecule has 4 aliphatic carbocycles. The second kappa shape index (κ2) is 24.3. The summed E-state index contributed by atoms with van der Waals surface area (Å²) in [7, 11) is 0. The van der Waals surface area contributed by atoms with Gasteiger partial charge in [-0.05, 0) is 90.4 Å². The normalized spacial score (nSPS) is 15.1. The van der Waals surface area contributed by atoms with Crippen LogP contribution < -0.4 is 20.9 Å². The number of nitriles is 6. The summed E-state index contributed by atoms with van der Waals surface area (Å²) in [5, 5.41) is 54.4. The molecule has 0 radical (unpaired) electrons.